The van der Waals surface area contributed by atoms with Crippen molar-refractivity contribution in [3.8, 4) is 0 Å². The van der Waals surface area contributed by atoms with Crippen molar-refractivity contribution in [3.63, 3.8) is 0 Å². The Labute approximate surface area is 184 Å². The number of carbonyl (C=O) groups excluding carboxylic acids is 2. The molecule has 0 radical (unpaired) electrons. The van der Waals surface area contributed by atoms with Crippen LogP contribution in [0.5, 0.6) is 0 Å². The maximum atomic E-state index is 13.1. The first kappa shape index (κ1) is 22.4. The smallest absolute Gasteiger partial charge is 0.242 e. The second-order valence-corrected chi connectivity index (χ2v) is 9.26. The largest absolute Gasteiger partial charge is 0.352 e. The number of hydrogen-bond acceptors (Lipinski definition) is 3. The Hall–Kier alpha value is -2.27. The highest BCUT2D eigenvalue weighted by Crippen LogP contribution is 2.21. The van der Waals surface area contributed by atoms with Crippen LogP contribution in [0.4, 0.5) is 0 Å². The zero-order chi connectivity index (χ0) is 21.3. The Morgan fingerprint density at radius 1 is 1.10 bits per heavy atom. The third-order valence-electron chi connectivity index (χ3n) is 5.63. The zero-order valence-corrected chi connectivity index (χ0v) is 18.8. The summed E-state index contributed by atoms with van der Waals surface area (Å²) in [6.07, 6.45) is 4.83. The van der Waals surface area contributed by atoms with E-state index < -0.39 is 6.04 Å². The summed E-state index contributed by atoms with van der Waals surface area (Å²) in [5, 5.41) is 3.16. The Morgan fingerprint density at radius 2 is 1.83 bits per heavy atom. The van der Waals surface area contributed by atoms with Gasteiger partial charge in [0, 0.05) is 29.7 Å². The van der Waals surface area contributed by atoms with Crippen LogP contribution in [0.15, 0.2) is 59.5 Å². The summed E-state index contributed by atoms with van der Waals surface area (Å²) in [5.41, 5.74) is 2.21. The Balaban J connectivity index is 1.65. The van der Waals surface area contributed by atoms with Crippen molar-refractivity contribution >= 4 is 23.6 Å². The number of nitrogens with zero attached hydrogens (tertiary/aromatic N) is 1. The summed E-state index contributed by atoms with van der Waals surface area (Å²) in [7, 11) is 0. The lowest BCUT2D eigenvalue weighted by Crippen LogP contribution is -2.49. The number of aryl methyl sites for hydroxylation is 1. The van der Waals surface area contributed by atoms with Crippen LogP contribution in [0.1, 0.15) is 50.2 Å². The molecule has 1 saturated carbocycles. The summed E-state index contributed by atoms with van der Waals surface area (Å²) in [5.74, 6) is 0.678. The monoisotopic (exact) mass is 424 g/mol. The fourth-order valence-corrected chi connectivity index (χ4v) is 4.76. The van der Waals surface area contributed by atoms with Crippen molar-refractivity contribution in [2.75, 3.05) is 5.75 Å². The van der Waals surface area contributed by atoms with Gasteiger partial charge in [-0.1, -0.05) is 60.9 Å². The highest BCUT2D eigenvalue weighted by molar-refractivity contribution is 7.99. The third-order valence-corrected chi connectivity index (χ3v) is 6.65. The predicted octanol–water partition coefficient (Wildman–Crippen LogP) is 4.95. The van der Waals surface area contributed by atoms with Crippen LogP contribution < -0.4 is 5.32 Å². The summed E-state index contributed by atoms with van der Waals surface area (Å²) in [6.45, 7) is 4.35. The number of nitrogens with one attached hydrogen (secondary N) is 1. The molecule has 1 atom stereocenters. The average Bonchev–Trinajstić information content (AvgIpc) is 3.25. The van der Waals surface area contributed by atoms with Gasteiger partial charge >= 0.3 is 0 Å². The van der Waals surface area contributed by atoms with E-state index >= 15 is 0 Å². The number of benzene rings is 2. The van der Waals surface area contributed by atoms with Gasteiger partial charge in [-0.25, -0.2) is 0 Å². The number of thioether (sulfide) groups is 1. The van der Waals surface area contributed by atoms with Crippen molar-refractivity contribution in [1.29, 1.82) is 0 Å². The molecule has 0 aliphatic heterocycles. The van der Waals surface area contributed by atoms with Crippen LogP contribution in [0, 0.1) is 6.92 Å². The van der Waals surface area contributed by atoms with E-state index in [4.69, 9.17) is 0 Å². The maximum Gasteiger partial charge on any atom is 0.242 e. The van der Waals surface area contributed by atoms with E-state index in [1.54, 1.807) is 16.7 Å². The van der Waals surface area contributed by atoms with Gasteiger partial charge in [0.1, 0.15) is 6.04 Å². The van der Waals surface area contributed by atoms with Crippen molar-refractivity contribution in [3.05, 3.63) is 65.7 Å². The molecule has 2 amide bonds. The van der Waals surface area contributed by atoms with E-state index in [0.717, 1.165) is 28.9 Å². The van der Waals surface area contributed by atoms with E-state index in [2.05, 4.69) is 23.5 Å². The first-order chi connectivity index (χ1) is 14.5. The molecule has 0 heterocycles. The normalized spacial score (nSPS) is 15.0. The minimum Gasteiger partial charge on any atom is -0.352 e. The van der Waals surface area contributed by atoms with Crippen molar-refractivity contribution in [2.45, 2.75) is 69.5 Å². The van der Waals surface area contributed by atoms with E-state index in [0.29, 0.717) is 18.7 Å². The molecule has 0 saturated heterocycles. The van der Waals surface area contributed by atoms with Crippen LogP contribution in [0.3, 0.4) is 0 Å². The SMILES string of the molecule is Cc1cccc(CN(C(=O)CCSc2ccccc2)[C@H](C)C(=O)NC2CCCC2)c1. The van der Waals surface area contributed by atoms with Gasteiger partial charge < -0.3 is 10.2 Å². The highest BCUT2D eigenvalue weighted by Gasteiger charge is 2.28. The first-order valence-electron chi connectivity index (χ1n) is 10.9. The van der Waals surface area contributed by atoms with Gasteiger partial charge in [-0.05, 0) is 44.4 Å². The zero-order valence-electron chi connectivity index (χ0n) is 18.0. The molecule has 0 unspecified atom stereocenters. The lowest BCUT2D eigenvalue weighted by atomic mass is 10.1. The Morgan fingerprint density at radius 3 is 2.53 bits per heavy atom. The first-order valence-corrected chi connectivity index (χ1v) is 11.8. The molecule has 3 rings (SSSR count). The van der Waals surface area contributed by atoms with E-state index in [1.807, 2.05) is 50.2 Å². The predicted molar refractivity (Wildman–Crippen MR) is 123 cm³/mol. The fraction of sp³-hybridized carbons (Fsp3) is 0.440. The lowest BCUT2D eigenvalue weighted by Gasteiger charge is -2.30. The van der Waals surface area contributed by atoms with Crippen LogP contribution in [-0.2, 0) is 16.1 Å². The van der Waals surface area contributed by atoms with E-state index in [9.17, 15) is 9.59 Å². The molecule has 1 fully saturated rings. The van der Waals surface area contributed by atoms with E-state index in [-0.39, 0.29) is 17.9 Å². The number of carbonyl (C=O) groups is 2. The van der Waals surface area contributed by atoms with Crippen LogP contribution in [0.25, 0.3) is 0 Å². The van der Waals surface area contributed by atoms with Gasteiger partial charge in [-0.2, -0.15) is 0 Å². The molecule has 1 N–H and O–H groups in total. The maximum absolute atomic E-state index is 13.1. The Kier molecular flexibility index (Phi) is 8.38. The quantitative estimate of drug-likeness (QED) is 0.579. The van der Waals surface area contributed by atoms with Crippen LogP contribution in [0.2, 0.25) is 0 Å². The molecule has 4 nitrogen and oxygen atoms in total. The van der Waals surface area contributed by atoms with Crippen molar-refractivity contribution < 1.29 is 9.59 Å². The number of rotatable bonds is 9. The fourth-order valence-electron chi connectivity index (χ4n) is 3.90. The Bertz CT molecular complexity index is 834. The number of hydrogen-bond donors (Lipinski definition) is 1. The molecular weight excluding hydrogens is 392 g/mol. The van der Waals surface area contributed by atoms with Gasteiger partial charge in [-0.3, -0.25) is 9.59 Å². The molecular formula is C25H32N2O2S. The number of amides is 2. The second-order valence-electron chi connectivity index (χ2n) is 8.09. The van der Waals surface area contributed by atoms with Gasteiger partial charge in [0.15, 0.2) is 0 Å². The molecule has 1 aliphatic carbocycles. The van der Waals surface area contributed by atoms with Crippen molar-refractivity contribution in [2.24, 2.45) is 0 Å². The summed E-state index contributed by atoms with van der Waals surface area (Å²) < 4.78 is 0. The molecule has 0 bridgehead atoms. The lowest BCUT2D eigenvalue weighted by molar-refractivity contribution is -0.140. The molecule has 0 spiro atoms. The van der Waals surface area contributed by atoms with Gasteiger partial charge in [0.25, 0.3) is 0 Å². The highest BCUT2D eigenvalue weighted by atomic mass is 32.2. The molecule has 2 aromatic carbocycles. The molecule has 160 valence electrons. The summed E-state index contributed by atoms with van der Waals surface area (Å²) in [4.78, 5) is 28.9. The molecule has 0 aromatic heterocycles. The van der Waals surface area contributed by atoms with Crippen molar-refractivity contribution in [1.82, 2.24) is 10.2 Å². The summed E-state index contributed by atoms with van der Waals surface area (Å²) in [6, 6.07) is 18.0. The average molecular weight is 425 g/mol. The summed E-state index contributed by atoms with van der Waals surface area (Å²) >= 11 is 1.67. The minimum absolute atomic E-state index is 0.0222. The van der Waals surface area contributed by atoms with Crippen LogP contribution >= 0.6 is 11.8 Å². The third kappa shape index (κ3) is 6.63. The second kappa shape index (κ2) is 11.2. The standard InChI is InChI=1S/C25H32N2O2S/c1-19-9-8-10-21(17-19)18-27(20(2)25(29)26-22-11-6-7-12-22)24(28)15-16-30-23-13-4-3-5-14-23/h3-5,8-10,13-14,17,20,22H,6-7,11-12,15-16,18H2,1-2H3,(H,26,29)/t20-/m1/s1. The molecule has 2 aromatic rings. The topological polar surface area (TPSA) is 49.4 Å². The molecule has 30 heavy (non-hydrogen) atoms. The van der Waals surface area contributed by atoms with Gasteiger partial charge in [-0.15, -0.1) is 11.8 Å². The molecule has 5 heteroatoms. The minimum atomic E-state index is -0.486. The molecule has 1 aliphatic rings. The van der Waals surface area contributed by atoms with E-state index in [1.165, 1.54) is 12.8 Å². The van der Waals surface area contributed by atoms with Gasteiger partial charge in [0.2, 0.25) is 11.8 Å². The van der Waals surface area contributed by atoms with Gasteiger partial charge in [0.05, 0.1) is 0 Å². The van der Waals surface area contributed by atoms with Crippen LogP contribution in [-0.4, -0.2) is 34.6 Å².